The number of carbonyl (C=O) groups is 2. The van der Waals surface area contributed by atoms with Crippen LogP contribution in [0.2, 0.25) is 0 Å². The van der Waals surface area contributed by atoms with Gasteiger partial charge in [-0.1, -0.05) is 18.2 Å². The summed E-state index contributed by atoms with van der Waals surface area (Å²) in [6, 6.07) is 6.36. The molecule has 7 heteroatoms. The number of aryl methyl sites for hydroxylation is 2. The van der Waals surface area contributed by atoms with Gasteiger partial charge in [-0.15, -0.1) is 0 Å². The number of halogens is 1. The Labute approximate surface area is 140 Å². The largest absolute Gasteiger partial charge is 0.343 e. The van der Waals surface area contributed by atoms with E-state index < -0.39 is 0 Å². The molecular weight excluding hydrogens is 311 g/mol. The molecule has 0 fully saturated rings. The van der Waals surface area contributed by atoms with Crippen LogP contribution in [-0.4, -0.2) is 40.6 Å². The molecule has 0 bridgehead atoms. The minimum Gasteiger partial charge on any atom is -0.343 e. The summed E-state index contributed by atoms with van der Waals surface area (Å²) >= 11 is 0. The molecule has 2 rings (SSSR count). The van der Waals surface area contributed by atoms with Crippen LogP contribution in [0.15, 0.2) is 24.3 Å². The van der Waals surface area contributed by atoms with E-state index in [1.54, 1.807) is 50.9 Å². The fraction of sp³-hybridized carbons (Fsp3) is 0.353. The number of amides is 2. The van der Waals surface area contributed by atoms with Gasteiger partial charge in [0.05, 0.1) is 11.4 Å². The van der Waals surface area contributed by atoms with Crippen LogP contribution < -0.4 is 5.32 Å². The summed E-state index contributed by atoms with van der Waals surface area (Å²) in [5.74, 6) is -0.906. The van der Waals surface area contributed by atoms with Gasteiger partial charge >= 0.3 is 0 Å². The Hall–Kier alpha value is -2.70. The Balaban J connectivity index is 2.12. The topological polar surface area (TPSA) is 67.2 Å². The first kappa shape index (κ1) is 17.7. The molecule has 0 radical (unpaired) electrons. The predicted octanol–water partition coefficient (Wildman–Crippen LogP) is 2.14. The number of nitrogens with zero attached hydrogens (tertiary/aromatic N) is 3. The average molecular weight is 332 g/mol. The number of aromatic nitrogens is 2. The van der Waals surface area contributed by atoms with Crippen molar-refractivity contribution in [2.45, 2.75) is 19.8 Å². The molecule has 0 saturated carbocycles. The van der Waals surface area contributed by atoms with Gasteiger partial charge in [-0.2, -0.15) is 5.10 Å². The highest BCUT2D eigenvalue weighted by Crippen LogP contribution is 2.21. The van der Waals surface area contributed by atoms with Crippen molar-refractivity contribution in [1.29, 1.82) is 0 Å². The van der Waals surface area contributed by atoms with Crippen molar-refractivity contribution < 1.29 is 14.0 Å². The number of hydrogen-bond donors (Lipinski definition) is 1. The molecule has 1 N–H and O–H groups in total. The van der Waals surface area contributed by atoms with Crippen LogP contribution in [0.3, 0.4) is 0 Å². The van der Waals surface area contributed by atoms with Crippen molar-refractivity contribution in [3.63, 3.8) is 0 Å². The van der Waals surface area contributed by atoms with E-state index in [0.717, 1.165) is 0 Å². The van der Waals surface area contributed by atoms with E-state index in [-0.39, 0.29) is 36.2 Å². The van der Waals surface area contributed by atoms with E-state index >= 15 is 0 Å². The van der Waals surface area contributed by atoms with Crippen molar-refractivity contribution in [2.75, 3.05) is 19.4 Å². The van der Waals surface area contributed by atoms with Crippen molar-refractivity contribution in [3.05, 3.63) is 47.0 Å². The summed E-state index contributed by atoms with van der Waals surface area (Å²) in [5.41, 5.74) is 1.76. The van der Waals surface area contributed by atoms with Gasteiger partial charge in [0, 0.05) is 27.6 Å². The lowest BCUT2D eigenvalue weighted by Crippen LogP contribution is -2.24. The van der Waals surface area contributed by atoms with Gasteiger partial charge in [0.25, 0.3) is 5.91 Å². The second-order valence-electron chi connectivity index (χ2n) is 5.77. The summed E-state index contributed by atoms with van der Waals surface area (Å²) in [6.07, 6.45) is 0.402. The maximum Gasteiger partial charge on any atom is 0.276 e. The minimum absolute atomic E-state index is 0.116. The molecule has 1 aromatic heterocycles. The van der Waals surface area contributed by atoms with Crippen LogP contribution in [-0.2, 0) is 18.3 Å². The monoisotopic (exact) mass is 332 g/mol. The fourth-order valence-electron chi connectivity index (χ4n) is 2.27. The summed E-state index contributed by atoms with van der Waals surface area (Å²) in [7, 11) is 4.95. The molecule has 1 heterocycles. The third-order valence-corrected chi connectivity index (χ3v) is 3.79. The number of carbonyl (C=O) groups excluding carboxylic acids is 2. The highest BCUT2D eigenvalue weighted by atomic mass is 19.1. The molecule has 0 aliphatic rings. The normalized spacial score (nSPS) is 10.5. The maximum atomic E-state index is 13.6. The molecule has 0 atom stereocenters. The zero-order valence-electron chi connectivity index (χ0n) is 14.3. The molecule has 6 nitrogen and oxygen atoms in total. The minimum atomic E-state index is -0.327. The van der Waals surface area contributed by atoms with Gasteiger partial charge in [-0.3, -0.25) is 14.3 Å². The standard InChI is InChI=1S/C17H21FN4O2/c1-11-15(16(20-22(11)4)17(24)21(2)3)19-14(23)10-9-12-7-5-6-8-13(12)18/h5-8H,9-10H2,1-4H3,(H,19,23). The van der Waals surface area contributed by atoms with Crippen LogP contribution in [0.4, 0.5) is 10.1 Å². The van der Waals surface area contributed by atoms with Crippen LogP contribution in [0.1, 0.15) is 28.2 Å². The Kier molecular flexibility index (Phi) is 5.33. The molecule has 0 unspecified atom stereocenters. The van der Waals surface area contributed by atoms with Crippen LogP contribution >= 0.6 is 0 Å². The summed E-state index contributed by atoms with van der Waals surface area (Å²) in [4.78, 5) is 25.8. The van der Waals surface area contributed by atoms with E-state index in [1.807, 2.05) is 0 Å². The second-order valence-corrected chi connectivity index (χ2v) is 5.77. The Morgan fingerprint density at radius 3 is 2.58 bits per heavy atom. The molecule has 128 valence electrons. The van der Waals surface area contributed by atoms with Gasteiger partial charge in [0.15, 0.2) is 5.69 Å². The van der Waals surface area contributed by atoms with Gasteiger partial charge in [-0.05, 0) is 25.0 Å². The molecule has 0 aliphatic carbocycles. The van der Waals surface area contributed by atoms with Gasteiger partial charge in [0.1, 0.15) is 5.82 Å². The summed E-state index contributed by atoms with van der Waals surface area (Å²) in [6.45, 7) is 1.77. The number of anilines is 1. The molecule has 2 aromatic rings. The van der Waals surface area contributed by atoms with Crippen molar-refractivity contribution in [2.24, 2.45) is 7.05 Å². The lowest BCUT2D eigenvalue weighted by atomic mass is 10.1. The fourth-order valence-corrected chi connectivity index (χ4v) is 2.27. The SMILES string of the molecule is Cc1c(NC(=O)CCc2ccccc2F)c(C(=O)N(C)C)nn1C. The van der Waals surface area contributed by atoms with Crippen LogP contribution in [0.25, 0.3) is 0 Å². The third-order valence-electron chi connectivity index (χ3n) is 3.79. The predicted molar refractivity (Wildman–Crippen MR) is 89.3 cm³/mol. The van der Waals surface area contributed by atoms with Gasteiger partial charge in [-0.25, -0.2) is 4.39 Å². The summed E-state index contributed by atoms with van der Waals surface area (Å²) in [5, 5.41) is 6.90. The first-order valence-corrected chi connectivity index (χ1v) is 7.59. The molecule has 0 saturated heterocycles. The Morgan fingerprint density at radius 1 is 1.29 bits per heavy atom. The molecule has 0 spiro atoms. The van der Waals surface area contributed by atoms with E-state index in [4.69, 9.17) is 0 Å². The highest BCUT2D eigenvalue weighted by molar-refractivity contribution is 6.02. The first-order chi connectivity index (χ1) is 11.3. The van der Waals surface area contributed by atoms with E-state index in [1.165, 1.54) is 11.0 Å². The highest BCUT2D eigenvalue weighted by Gasteiger charge is 2.22. The second kappa shape index (κ2) is 7.25. The molecule has 1 aromatic carbocycles. The Morgan fingerprint density at radius 2 is 1.96 bits per heavy atom. The smallest absolute Gasteiger partial charge is 0.276 e. The lowest BCUT2D eigenvalue weighted by molar-refractivity contribution is -0.116. The zero-order valence-corrected chi connectivity index (χ0v) is 14.3. The average Bonchev–Trinajstić information content (AvgIpc) is 2.81. The van der Waals surface area contributed by atoms with Crippen molar-refractivity contribution in [3.8, 4) is 0 Å². The number of benzene rings is 1. The lowest BCUT2D eigenvalue weighted by Gasteiger charge is -2.11. The van der Waals surface area contributed by atoms with Gasteiger partial charge < -0.3 is 10.2 Å². The van der Waals surface area contributed by atoms with E-state index in [2.05, 4.69) is 10.4 Å². The van der Waals surface area contributed by atoms with Gasteiger partial charge in [0.2, 0.25) is 5.91 Å². The van der Waals surface area contributed by atoms with Crippen molar-refractivity contribution >= 4 is 17.5 Å². The van der Waals surface area contributed by atoms with E-state index in [0.29, 0.717) is 16.9 Å². The molecule has 2 amide bonds. The van der Waals surface area contributed by atoms with E-state index in [9.17, 15) is 14.0 Å². The molecule has 0 aliphatic heterocycles. The first-order valence-electron chi connectivity index (χ1n) is 7.59. The van der Waals surface area contributed by atoms with Crippen molar-refractivity contribution in [1.82, 2.24) is 14.7 Å². The zero-order chi connectivity index (χ0) is 17.9. The molecule has 24 heavy (non-hydrogen) atoms. The number of nitrogens with one attached hydrogen (secondary N) is 1. The van der Waals surface area contributed by atoms with Crippen LogP contribution in [0, 0.1) is 12.7 Å². The third kappa shape index (κ3) is 3.79. The maximum absolute atomic E-state index is 13.6. The number of rotatable bonds is 5. The summed E-state index contributed by atoms with van der Waals surface area (Å²) < 4.78 is 15.1. The molecular formula is C17H21FN4O2. The van der Waals surface area contributed by atoms with Crippen LogP contribution in [0.5, 0.6) is 0 Å². The Bertz CT molecular complexity index is 768. The number of hydrogen-bond acceptors (Lipinski definition) is 3. The quantitative estimate of drug-likeness (QED) is 0.912.